The molecular formula is C24H41NO4Sn. The number of hydrogen-bond acceptors (Lipinski definition) is 4. The summed E-state index contributed by atoms with van der Waals surface area (Å²) in [6.07, 6.45) is 14.0. The maximum absolute atomic E-state index is 11.3. The van der Waals surface area contributed by atoms with Gasteiger partial charge in [-0.25, -0.2) is 0 Å². The minimum absolute atomic E-state index is 0.221. The fraction of sp³-hybridized carbons (Fsp3) is 0.792. The molecule has 1 saturated carbocycles. The fourth-order valence-electron chi connectivity index (χ4n) is 4.11. The monoisotopic (exact) mass is 527 g/mol. The van der Waals surface area contributed by atoms with Crippen LogP contribution in [0.3, 0.4) is 0 Å². The maximum Gasteiger partial charge on any atom is 0.253 e. The molecular weight excluding hydrogens is 485 g/mol. The average molecular weight is 526 g/mol. The van der Waals surface area contributed by atoms with Crippen molar-refractivity contribution in [2.45, 2.75) is 98.3 Å². The molecule has 0 radical (unpaired) electrons. The predicted molar refractivity (Wildman–Crippen MR) is 121 cm³/mol. The molecule has 2 rings (SSSR count). The van der Waals surface area contributed by atoms with Crippen LogP contribution in [-0.4, -0.2) is 49.0 Å². The Morgan fingerprint density at radius 1 is 0.900 bits per heavy atom. The Labute approximate surface area is 190 Å². The van der Waals surface area contributed by atoms with Crippen molar-refractivity contribution in [3.05, 3.63) is 12.2 Å². The van der Waals surface area contributed by atoms with E-state index in [2.05, 4.69) is 20.8 Å². The van der Waals surface area contributed by atoms with Gasteiger partial charge in [0.15, 0.2) is 0 Å². The molecule has 6 heteroatoms. The Hall–Kier alpha value is -0.851. The van der Waals surface area contributed by atoms with E-state index in [1.54, 1.807) is 13.3 Å². The van der Waals surface area contributed by atoms with Crippen molar-refractivity contribution < 1.29 is 19.5 Å². The first kappa shape index (κ1) is 27.2. The van der Waals surface area contributed by atoms with Gasteiger partial charge < -0.3 is 9.90 Å². The number of imide groups is 1. The van der Waals surface area contributed by atoms with Crippen molar-refractivity contribution in [1.82, 2.24) is 4.90 Å². The quantitative estimate of drug-likeness (QED) is 0.280. The first-order valence-electron chi connectivity index (χ1n) is 12.0. The Kier molecular flexibility index (Phi) is 14.4. The van der Waals surface area contributed by atoms with Crippen molar-refractivity contribution in [1.29, 1.82) is 0 Å². The summed E-state index contributed by atoms with van der Waals surface area (Å²) in [5.74, 6) is -1.67. The van der Waals surface area contributed by atoms with E-state index in [1.165, 1.54) is 55.6 Å². The molecule has 0 bridgehead atoms. The van der Waals surface area contributed by atoms with Crippen LogP contribution < -0.4 is 5.11 Å². The predicted octanol–water partition coefficient (Wildman–Crippen LogP) is 4.35. The molecule has 0 spiro atoms. The number of rotatable bonds is 12. The van der Waals surface area contributed by atoms with Gasteiger partial charge in [-0.05, 0) is 37.5 Å². The maximum atomic E-state index is 11.3. The second-order valence-corrected chi connectivity index (χ2v) is 17.3. The SMILES string of the molecule is CCC[CH2][Sn+]([CH2]CCC)[CH2]CCC.O=C([O-])C1CCC(CN2C(=O)C=CC2=O)CC1. The number of nitrogens with zero attached hydrogens (tertiary/aromatic N) is 1. The van der Waals surface area contributed by atoms with Crippen LogP contribution in [0.25, 0.3) is 0 Å². The third-order valence-electron chi connectivity index (χ3n) is 6.17. The summed E-state index contributed by atoms with van der Waals surface area (Å²) < 4.78 is 5.04. The third kappa shape index (κ3) is 10.4. The van der Waals surface area contributed by atoms with Gasteiger partial charge in [-0.3, -0.25) is 14.5 Å². The van der Waals surface area contributed by atoms with E-state index in [0.717, 1.165) is 12.8 Å². The van der Waals surface area contributed by atoms with Crippen molar-refractivity contribution >= 4 is 37.5 Å². The van der Waals surface area contributed by atoms with Gasteiger partial charge in [0.25, 0.3) is 11.8 Å². The number of aliphatic carboxylic acids is 1. The van der Waals surface area contributed by atoms with E-state index >= 15 is 0 Å². The Morgan fingerprint density at radius 2 is 1.33 bits per heavy atom. The molecule has 0 unspecified atom stereocenters. The Bertz CT molecular complexity index is 518. The van der Waals surface area contributed by atoms with Gasteiger partial charge in [0.2, 0.25) is 0 Å². The molecule has 0 saturated heterocycles. The van der Waals surface area contributed by atoms with E-state index < -0.39 is 25.7 Å². The summed E-state index contributed by atoms with van der Waals surface area (Å²) in [6.45, 7) is 7.41. The van der Waals surface area contributed by atoms with E-state index in [-0.39, 0.29) is 23.7 Å². The van der Waals surface area contributed by atoms with Gasteiger partial charge in [0.1, 0.15) is 0 Å². The molecule has 1 heterocycles. The first-order valence-corrected chi connectivity index (χ1v) is 18.1. The van der Waals surface area contributed by atoms with Gasteiger partial charge in [0.05, 0.1) is 0 Å². The topological polar surface area (TPSA) is 77.5 Å². The number of amides is 2. The van der Waals surface area contributed by atoms with Gasteiger partial charge in [0, 0.05) is 24.7 Å². The zero-order chi connectivity index (χ0) is 22.4. The Balaban J connectivity index is 0.000000314. The summed E-state index contributed by atoms with van der Waals surface area (Å²) in [4.78, 5) is 34.6. The van der Waals surface area contributed by atoms with Crippen LogP contribution in [0.5, 0.6) is 0 Å². The third-order valence-corrected chi connectivity index (χ3v) is 15.3. The van der Waals surface area contributed by atoms with E-state index in [9.17, 15) is 19.5 Å². The van der Waals surface area contributed by atoms with Crippen LogP contribution in [-0.2, 0) is 14.4 Å². The van der Waals surface area contributed by atoms with Gasteiger partial charge >= 0.3 is 92.4 Å². The number of carbonyl (C=O) groups excluding carboxylic acids is 3. The van der Waals surface area contributed by atoms with Crippen molar-refractivity contribution in [3.63, 3.8) is 0 Å². The number of carboxylic acids is 1. The van der Waals surface area contributed by atoms with Crippen LogP contribution in [0.15, 0.2) is 12.2 Å². The molecule has 1 aliphatic heterocycles. The van der Waals surface area contributed by atoms with Crippen molar-refractivity contribution in [3.8, 4) is 0 Å². The standard InChI is InChI=1S/C12H15NO4.3C4H9.Sn/c14-10-5-6-11(15)13(10)7-8-1-3-9(4-2-8)12(16)17;3*1-3-4-2;/h5-6,8-9H,1-4,7H2,(H,16,17);3*1,3-4H2,2H3;/q;;;;+1/p-1. The Morgan fingerprint density at radius 3 is 1.70 bits per heavy atom. The van der Waals surface area contributed by atoms with E-state index in [1.807, 2.05) is 0 Å². The van der Waals surface area contributed by atoms with Crippen molar-refractivity contribution in [2.24, 2.45) is 11.8 Å². The van der Waals surface area contributed by atoms with Crippen LogP contribution in [0.2, 0.25) is 13.3 Å². The van der Waals surface area contributed by atoms with Crippen molar-refractivity contribution in [2.75, 3.05) is 6.54 Å². The summed E-state index contributed by atoms with van der Waals surface area (Å²) in [6, 6.07) is 0. The molecule has 30 heavy (non-hydrogen) atoms. The minimum Gasteiger partial charge on any atom is -0.550 e. The summed E-state index contributed by atoms with van der Waals surface area (Å²) in [5.41, 5.74) is 0. The average Bonchev–Trinajstić information content (AvgIpc) is 3.06. The molecule has 0 N–H and O–H groups in total. The van der Waals surface area contributed by atoms with Gasteiger partial charge in [-0.2, -0.15) is 0 Å². The van der Waals surface area contributed by atoms with E-state index in [4.69, 9.17) is 0 Å². The number of unbranched alkanes of at least 4 members (excludes halogenated alkanes) is 3. The number of carboxylic acid groups (broad SMARTS) is 1. The summed E-state index contributed by atoms with van der Waals surface area (Å²) in [7, 11) is 0. The first-order chi connectivity index (χ1) is 14.4. The molecule has 0 aromatic rings. The van der Waals surface area contributed by atoms with Gasteiger partial charge in [-0.15, -0.1) is 0 Å². The zero-order valence-electron chi connectivity index (χ0n) is 19.3. The molecule has 2 amide bonds. The van der Waals surface area contributed by atoms with Crippen LogP contribution >= 0.6 is 0 Å². The largest absolute Gasteiger partial charge is 0.550 e. The summed E-state index contributed by atoms with van der Waals surface area (Å²) >= 11 is -0.839. The van der Waals surface area contributed by atoms with E-state index in [0.29, 0.717) is 19.4 Å². The summed E-state index contributed by atoms with van der Waals surface area (Å²) in [5, 5.41) is 10.7. The van der Waals surface area contributed by atoms with Crippen LogP contribution in [0.1, 0.15) is 85.0 Å². The second-order valence-electron chi connectivity index (χ2n) is 8.72. The molecule has 0 atom stereocenters. The second kappa shape index (κ2) is 15.9. The molecule has 0 aromatic carbocycles. The fourth-order valence-corrected chi connectivity index (χ4v) is 13.6. The minimum atomic E-state index is -0.988. The van der Waals surface area contributed by atoms with Crippen LogP contribution in [0, 0.1) is 11.8 Å². The van der Waals surface area contributed by atoms with Crippen LogP contribution in [0.4, 0.5) is 0 Å². The molecule has 5 nitrogen and oxygen atoms in total. The number of hydrogen-bond donors (Lipinski definition) is 0. The smallest absolute Gasteiger partial charge is 0.253 e. The molecule has 1 aliphatic carbocycles. The zero-order valence-corrected chi connectivity index (χ0v) is 22.1. The molecule has 170 valence electrons. The normalized spacial score (nSPS) is 20.8. The molecule has 2 aliphatic rings. The number of carbonyl (C=O) groups is 3. The molecule has 0 aromatic heterocycles. The van der Waals surface area contributed by atoms with Gasteiger partial charge in [-0.1, -0.05) is 0 Å². The molecule has 1 fully saturated rings.